The summed E-state index contributed by atoms with van der Waals surface area (Å²) in [4.78, 5) is 2.38. The maximum atomic E-state index is 13.6. The molecule has 0 radical (unpaired) electrons. The van der Waals surface area contributed by atoms with E-state index >= 15 is 0 Å². The lowest BCUT2D eigenvalue weighted by Gasteiger charge is -2.19. The van der Waals surface area contributed by atoms with Gasteiger partial charge in [0.15, 0.2) is 11.6 Å². The summed E-state index contributed by atoms with van der Waals surface area (Å²) >= 11 is 0. The topological polar surface area (TPSA) is 34.8 Å². The van der Waals surface area contributed by atoms with E-state index in [9.17, 15) is 4.39 Å². The normalized spacial score (nSPS) is 27.3. The van der Waals surface area contributed by atoms with Gasteiger partial charge in [-0.25, -0.2) is 4.39 Å². The summed E-state index contributed by atoms with van der Waals surface area (Å²) in [5.74, 6) is 0.780. The lowest BCUT2D eigenvalue weighted by atomic mass is 9.94. The molecule has 122 valence electrons. The zero-order valence-corrected chi connectivity index (χ0v) is 12.9. The summed E-state index contributed by atoms with van der Waals surface area (Å²) in [5, 5.41) is 0. The Labute approximate surface area is 134 Å². The Morgan fingerprint density at radius 1 is 1.22 bits per heavy atom. The molecule has 2 aliphatic rings. The molecule has 2 aromatic rings. The van der Waals surface area contributed by atoms with Gasteiger partial charge in [0.2, 0.25) is 0 Å². The van der Waals surface area contributed by atoms with E-state index in [1.807, 2.05) is 6.07 Å². The van der Waals surface area contributed by atoms with Crippen molar-refractivity contribution in [3.05, 3.63) is 54.2 Å². The van der Waals surface area contributed by atoms with Crippen LogP contribution in [0.2, 0.25) is 0 Å². The van der Waals surface area contributed by atoms with Gasteiger partial charge in [0.1, 0.15) is 0 Å². The van der Waals surface area contributed by atoms with Crippen LogP contribution in [0.1, 0.15) is 5.56 Å². The molecule has 0 amide bonds. The van der Waals surface area contributed by atoms with Crippen LogP contribution >= 0.6 is 0 Å². The van der Waals surface area contributed by atoms with E-state index in [1.54, 1.807) is 30.7 Å². The maximum Gasteiger partial charge on any atom is 0.165 e. The number of nitrogens with zero attached hydrogens (tertiary/aromatic N) is 1. The monoisotopic (exact) mass is 317 g/mol. The van der Waals surface area contributed by atoms with Crippen molar-refractivity contribution in [2.75, 3.05) is 26.3 Å². The van der Waals surface area contributed by atoms with Crippen LogP contribution in [0.25, 0.3) is 0 Å². The molecule has 1 aromatic heterocycles. The summed E-state index contributed by atoms with van der Waals surface area (Å²) in [7, 11) is 0. The molecule has 4 nitrogen and oxygen atoms in total. The summed E-state index contributed by atoms with van der Waals surface area (Å²) in [6.07, 6.45) is 3.75. The van der Waals surface area contributed by atoms with E-state index in [2.05, 4.69) is 4.90 Å². The molecule has 3 atom stereocenters. The number of rotatable bonds is 5. The lowest BCUT2D eigenvalue weighted by Crippen LogP contribution is -2.26. The van der Waals surface area contributed by atoms with E-state index in [-0.39, 0.29) is 11.9 Å². The van der Waals surface area contributed by atoms with Gasteiger partial charge in [-0.2, -0.15) is 0 Å². The molecule has 5 heteroatoms. The highest BCUT2D eigenvalue weighted by Crippen LogP contribution is 2.34. The van der Waals surface area contributed by atoms with Crippen LogP contribution in [-0.2, 0) is 11.3 Å². The first-order chi connectivity index (χ1) is 11.3. The molecule has 0 aliphatic carbocycles. The highest BCUT2D eigenvalue weighted by Gasteiger charge is 2.44. The van der Waals surface area contributed by atoms with Gasteiger partial charge in [0, 0.05) is 37.0 Å². The Morgan fingerprint density at radius 2 is 2.13 bits per heavy atom. The van der Waals surface area contributed by atoms with Crippen molar-refractivity contribution in [1.82, 2.24) is 4.90 Å². The summed E-state index contributed by atoms with van der Waals surface area (Å²) < 4.78 is 30.4. The van der Waals surface area contributed by atoms with Crippen LogP contribution in [0.15, 0.2) is 47.3 Å². The second-order valence-corrected chi connectivity index (χ2v) is 6.36. The molecule has 0 unspecified atom stereocenters. The third kappa shape index (κ3) is 3.12. The molecule has 2 aliphatic heterocycles. The second kappa shape index (κ2) is 6.34. The van der Waals surface area contributed by atoms with Crippen molar-refractivity contribution in [3.8, 4) is 5.75 Å². The minimum Gasteiger partial charge on any atom is -0.490 e. The van der Waals surface area contributed by atoms with Crippen LogP contribution < -0.4 is 4.74 Å². The number of furan rings is 1. The van der Waals surface area contributed by atoms with Gasteiger partial charge in [0.25, 0.3) is 0 Å². The zero-order valence-electron chi connectivity index (χ0n) is 12.9. The number of para-hydroxylation sites is 1. The molecule has 0 saturated carbocycles. The van der Waals surface area contributed by atoms with E-state index in [0.717, 1.165) is 19.6 Å². The highest BCUT2D eigenvalue weighted by atomic mass is 19.1. The minimum atomic E-state index is -0.309. The molecule has 23 heavy (non-hydrogen) atoms. The number of fused-ring (bicyclic) bond motifs is 1. The Bertz CT molecular complexity index is 645. The average molecular weight is 317 g/mol. The number of benzene rings is 1. The minimum absolute atomic E-state index is 0.260. The van der Waals surface area contributed by atoms with Gasteiger partial charge in [-0.15, -0.1) is 0 Å². The van der Waals surface area contributed by atoms with Crippen molar-refractivity contribution in [1.29, 1.82) is 0 Å². The van der Waals surface area contributed by atoms with Crippen LogP contribution in [-0.4, -0.2) is 37.3 Å². The van der Waals surface area contributed by atoms with E-state index in [1.165, 1.54) is 11.6 Å². The molecule has 3 heterocycles. The number of ether oxygens (including phenoxy) is 2. The van der Waals surface area contributed by atoms with Crippen molar-refractivity contribution >= 4 is 0 Å². The first-order valence-electron chi connectivity index (χ1n) is 8.02. The van der Waals surface area contributed by atoms with Crippen LogP contribution in [0.5, 0.6) is 5.75 Å². The first kappa shape index (κ1) is 14.7. The Balaban J connectivity index is 1.34. The maximum absolute atomic E-state index is 13.6. The van der Waals surface area contributed by atoms with Gasteiger partial charge in [-0.3, -0.25) is 4.90 Å². The number of hydrogen-bond acceptors (Lipinski definition) is 4. The third-order valence-electron chi connectivity index (χ3n) is 4.79. The summed E-state index contributed by atoms with van der Waals surface area (Å²) in [5.41, 5.74) is 1.18. The van der Waals surface area contributed by atoms with Gasteiger partial charge < -0.3 is 13.9 Å². The van der Waals surface area contributed by atoms with Crippen LogP contribution in [0.3, 0.4) is 0 Å². The zero-order chi connectivity index (χ0) is 15.6. The smallest absolute Gasteiger partial charge is 0.165 e. The number of hydrogen-bond donors (Lipinski definition) is 0. The molecule has 2 fully saturated rings. The summed E-state index contributed by atoms with van der Waals surface area (Å²) in [6.45, 7) is 4.01. The predicted molar refractivity (Wildman–Crippen MR) is 82.6 cm³/mol. The fraction of sp³-hybridized carbons (Fsp3) is 0.444. The van der Waals surface area contributed by atoms with Crippen molar-refractivity contribution in [3.63, 3.8) is 0 Å². The van der Waals surface area contributed by atoms with E-state index in [0.29, 0.717) is 30.8 Å². The van der Waals surface area contributed by atoms with Crippen LogP contribution in [0.4, 0.5) is 4.39 Å². The van der Waals surface area contributed by atoms with E-state index in [4.69, 9.17) is 13.9 Å². The van der Waals surface area contributed by atoms with E-state index < -0.39 is 0 Å². The van der Waals surface area contributed by atoms with Crippen molar-refractivity contribution in [2.45, 2.75) is 12.6 Å². The number of halogens is 1. The molecule has 0 N–H and O–H groups in total. The second-order valence-electron chi connectivity index (χ2n) is 6.36. The Morgan fingerprint density at radius 3 is 2.96 bits per heavy atom. The fourth-order valence-corrected chi connectivity index (χ4v) is 3.58. The standard InChI is InChI=1S/C18H20FNO3/c19-16-3-1-2-4-17(16)22-11-14-12-23-18-9-20(8-15(14)18)7-13-5-6-21-10-13/h1-6,10,14-15,18H,7-9,11-12H2/t14-,15+,18+/m0/s1. The Hall–Kier alpha value is -1.85. The lowest BCUT2D eigenvalue weighted by molar-refractivity contribution is 0.0894. The van der Waals surface area contributed by atoms with Gasteiger partial charge in [0.05, 0.1) is 31.8 Å². The SMILES string of the molecule is Fc1ccccc1OC[C@H]1CO[C@@H]2CN(Cc3ccoc3)C[C@H]12. The first-order valence-corrected chi connectivity index (χ1v) is 8.02. The molecule has 2 saturated heterocycles. The van der Waals surface area contributed by atoms with Gasteiger partial charge in [-0.1, -0.05) is 12.1 Å². The largest absolute Gasteiger partial charge is 0.490 e. The predicted octanol–water partition coefficient (Wildman–Crippen LogP) is 2.94. The van der Waals surface area contributed by atoms with Crippen molar-refractivity contribution in [2.24, 2.45) is 11.8 Å². The van der Waals surface area contributed by atoms with Gasteiger partial charge in [-0.05, 0) is 18.2 Å². The van der Waals surface area contributed by atoms with Crippen molar-refractivity contribution < 1.29 is 18.3 Å². The average Bonchev–Trinajstić information content (AvgIpc) is 3.25. The quantitative estimate of drug-likeness (QED) is 0.849. The fourth-order valence-electron chi connectivity index (χ4n) is 3.58. The third-order valence-corrected chi connectivity index (χ3v) is 4.79. The Kier molecular flexibility index (Phi) is 4.06. The molecule has 1 aromatic carbocycles. The molecule has 0 spiro atoms. The highest BCUT2D eigenvalue weighted by molar-refractivity contribution is 5.23. The molecule has 4 rings (SSSR count). The molecule has 0 bridgehead atoms. The van der Waals surface area contributed by atoms with Crippen LogP contribution in [0, 0.1) is 17.7 Å². The molecular formula is C18H20FNO3. The number of likely N-dealkylation sites (tertiary alicyclic amines) is 1. The van der Waals surface area contributed by atoms with Gasteiger partial charge >= 0.3 is 0 Å². The summed E-state index contributed by atoms with van der Waals surface area (Å²) in [6, 6.07) is 8.54. The molecular weight excluding hydrogens is 297 g/mol.